The van der Waals surface area contributed by atoms with Crippen molar-refractivity contribution >= 4 is 0 Å². The zero-order valence-corrected chi connectivity index (χ0v) is 8.47. The average Bonchev–Trinajstić information content (AvgIpc) is 2.28. The molecule has 0 amide bonds. The first-order valence-corrected chi connectivity index (χ1v) is 4.89. The monoisotopic (exact) mass is 233 g/mol. The van der Waals surface area contributed by atoms with Gasteiger partial charge in [-0.05, 0) is 0 Å². The van der Waals surface area contributed by atoms with Gasteiger partial charge in [0.15, 0.2) is 0 Å². The van der Waals surface area contributed by atoms with Gasteiger partial charge < -0.3 is 30.3 Å². The number of aliphatic hydroxyl groups excluding tert-OH is 5. The molecule has 6 atom stereocenters. The van der Waals surface area contributed by atoms with E-state index in [0.29, 0.717) is 0 Å². The number of aliphatic hydroxyl groups is 5. The van der Waals surface area contributed by atoms with Crippen molar-refractivity contribution in [2.45, 2.75) is 43.0 Å². The van der Waals surface area contributed by atoms with Crippen molar-refractivity contribution in [2.24, 2.45) is 0 Å². The molecule has 0 aliphatic heterocycles. The Kier molecular flexibility index (Phi) is 4.61. The number of nitriles is 1. The van der Waals surface area contributed by atoms with Crippen LogP contribution in [0.1, 0.15) is 6.42 Å². The van der Waals surface area contributed by atoms with Crippen LogP contribution in [0.4, 0.5) is 0 Å². The quantitative estimate of drug-likeness (QED) is 0.330. The summed E-state index contributed by atoms with van der Waals surface area (Å²) in [6.45, 7) is -0.0369. The van der Waals surface area contributed by atoms with Gasteiger partial charge in [-0.15, -0.1) is 0 Å². The molecule has 7 heteroatoms. The van der Waals surface area contributed by atoms with Gasteiger partial charge in [-0.3, -0.25) is 0 Å². The fourth-order valence-electron chi connectivity index (χ4n) is 1.63. The summed E-state index contributed by atoms with van der Waals surface area (Å²) in [5.74, 6) is 0. The van der Waals surface area contributed by atoms with Gasteiger partial charge in [-0.2, -0.15) is 5.26 Å². The molecule has 0 heterocycles. The topological polar surface area (TPSA) is 134 Å². The Balaban J connectivity index is 2.64. The van der Waals surface area contributed by atoms with E-state index in [1.165, 1.54) is 0 Å². The van der Waals surface area contributed by atoms with Gasteiger partial charge >= 0.3 is 0 Å². The lowest BCUT2D eigenvalue weighted by Gasteiger charge is -2.41. The van der Waals surface area contributed by atoms with Crippen molar-refractivity contribution in [3.63, 3.8) is 0 Å². The van der Waals surface area contributed by atoms with Gasteiger partial charge in [0.1, 0.15) is 36.6 Å². The fourth-order valence-corrected chi connectivity index (χ4v) is 1.63. The van der Waals surface area contributed by atoms with Gasteiger partial charge in [-0.25, -0.2) is 0 Å². The molecule has 0 aromatic carbocycles. The Morgan fingerprint density at radius 3 is 1.75 bits per heavy atom. The van der Waals surface area contributed by atoms with Gasteiger partial charge in [0, 0.05) is 0 Å². The van der Waals surface area contributed by atoms with E-state index in [2.05, 4.69) is 0 Å². The lowest BCUT2D eigenvalue weighted by molar-refractivity contribution is -0.234. The third-order valence-corrected chi connectivity index (χ3v) is 2.60. The zero-order valence-electron chi connectivity index (χ0n) is 8.47. The first-order valence-electron chi connectivity index (χ1n) is 4.89. The molecular formula is C9H15NO6. The second kappa shape index (κ2) is 5.54. The molecule has 1 rings (SSSR count). The van der Waals surface area contributed by atoms with Crippen LogP contribution in [0, 0.1) is 11.3 Å². The molecule has 0 bridgehead atoms. The van der Waals surface area contributed by atoms with Crippen LogP contribution in [0.5, 0.6) is 0 Å². The molecule has 5 N–H and O–H groups in total. The van der Waals surface area contributed by atoms with Gasteiger partial charge in [-0.1, -0.05) is 0 Å². The highest BCUT2D eigenvalue weighted by Crippen LogP contribution is 2.23. The standard InChI is InChI=1S/C9H15NO6/c10-2-1-3-16-9-7(14)5(12)4(11)6(13)8(9)15/h4-9,11-15H,1,3H2/t4-,5-,6+,7-,8-,9-/m0/s1. The molecule has 0 saturated heterocycles. The minimum atomic E-state index is -1.62. The first-order chi connectivity index (χ1) is 7.50. The largest absolute Gasteiger partial charge is 0.387 e. The third-order valence-electron chi connectivity index (χ3n) is 2.60. The van der Waals surface area contributed by atoms with Crippen molar-refractivity contribution in [2.75, 3.05) is 6.61 Å². The Morgan fingerprint density at radius 2 is 1.31 bits per heavy atom. The van der Waals surface area contributed by atoms with E-state index in [9.17, 15) is 25.5 Å². The van der Waals surface area contributed by atoms with E-state index in [-0.39, 0.29) is 13.0 Å². The van der Waals surface area contributed by atoms with E-state index in [0.717, 1.165) is 0 Å². The molecule has 0 aromatic heterocycles. The lowest BCUT2D eigenvalue weighted by Crippen LogP contribution is -2.64. The van der Waals surface area contributed by atoms with Gasteiger partial charge in [0.2, 0.25) is 0 Å². The molecule has 1 fully saturated rings. The summed E-state index contributed by atoms with van der Waals surface area (Å²) < 4.78 is 4.98. The molecule has 1 saturated carbocycles. The van der Waals surface area contributed by atoms with Crippen LogP contribution in [0.3, 0.4) is 0 Å². The number of hydrogen-bond donors (Lipinski definition) is 5. The van der Waals surface area contributed by atoms with E-state index >= 15 is 0 Å². The summed E-state index contributed by atoms with van der Waals surface area (Å²) in [6, 6.07) is 1.81. The molecule has 1 aliphatic carbocycles. The molecule has 1 aliphatic rings. The first kappa shape index (κ1) is 13.3. The lowest BCUT2D eigenvalue weighted by atomic mass is 9.85. The van der Waals surface area contributed by atoms with Crippen LogP contribution in [-0.2, 0) is 4.74 Å². The number of nitrogens with zero attached hydrogens (tertiary/aromatic N) is 1. The van der Waals surface area contributed by atoms with E-state index < -0.39 is 36.6 Å². The Labute approximate surface area is 92.1 Å². The number of rotatable bonds is 3. The second-order valence-electron chi connectivity index (χ2n) is 3.70. The predicted octanol–water partition coefficient (Wildman–Crippen LogP) is -2.90. The summed E-state index contributed by atoms with van der Waals surface area (Å²) in [5, 5.41) is 55.2. The Bertz CT molecular complexity index is 251. The summed E-state index contributed by atoms with van der Waals surface area (Å²) in [4.78, 5) is 0. The summed E-state index contributed by atoms with van der Waals surface area (Å²) in [5.41, 5.74) is 0. The third kappa shape index (κ3) is 2.49. The van der Waals surface area contributed by atoms with Crippen LogP contribution in [0.2, 0.25) is 0 Å². The summed E-state index contributed by atoms with van der Waals surface area (Å²) >= 11 is 0. The van der Waals surface area contributed by atoms with Crippen LogP contribution in [-0.4, -0.2) is 68.8 Å². The molecular weight excluding hydrogens is 218 g/mol. The zero-order chi connectivity index (χ0) is 12.3. The van der Waals surface area contributed by atoms with Crippen LogP contribution < -0.4 is 0 Å². The normalized spacial score (nSPS) is 44.0. The highest BCUT2D eigenvalue weighted by Gasteiger charge is 2.48. The molecule has 0 unspecified atom stereocenters. The van der Waals surface area contributed by atoms with Crippen molar-refractivity contribution in [1.29, 1.82) is 5.26 Å². The second-order valence-corrected chi connectivity index (χ2v) is 3.70. The molecule has 16 heavy (non-hydrogen) atoms. The minimum absolute atomic E-state index is 0.0369. The van der Waals surface area contributed by atoms with Crippen molar-refractivity contribution in [3.05, 3.63) is 0 Å². The van der Waals surface area contributed by atoms with Crippen LogP contribution >= 0.6 is 0 Å². The van der Waals surface area contributed by atoms with Crippen molar-refractivity contribution < 1.29 is 30.3 Å². The maximum atomic E-state index is 9.51. The molecule has 7 nitrogen and oxygen atoms in total. The van der Waals surface area contributed by atoms with Gasteiger partial charge in [0.25, 0.3) is 0 Å². The molecule has 92 valence electrons. The highest BCUT2D eigenvalue weighted by atomic mass is 16.5. The minimum Gasteiger partial charge on any atom is -0.387 e. The maximum absolute atomic E-state index is 9.51. The van der Waals surface area contributed by atoms with Crippen LogP contribution in [0.15, 0.2) is 0 Å². The molecule has 0 radical (unpaired) electrons. The van der Waals surface area contributed by atoms with Gasteiger partial charge in [0.05, 0.1) is 19.1 Å². The van der Waals surface area contributed by atoms with E-state index in [1.807, 2.05) is 0 Å². The van der Waals surface area contributed by atoms with E-state index in [1.54, 1.807) is 6.07 Å². The van der Waals surface area contributed by atoms with Crippen molar-refractivity contribution in [1.82, 2.24) is 0 Å². The Morgan fingerprint density at radius 1 is 0.875 bits per heavy atom. The number of hydrogen-bond acceptors (Lipinski definition) is 7. The van der Waals surface area contributed by atoms with Crippen LogP contribution in [0.25, 0.3) is 0 Å². The van der Waals surface area contributed by atoms with Crippen molar-refractivity contribution in [3.8, 4) is 6.07 Å². The highest BCUT2D eigenvalue weighted by molar-refractivity contribution is 4.99. The average molecular weight is 233 g/mol. The molecule has 0 spiro atoms. The SMILES string of the molecule is N#CCCO[C@@H]1[C@@H](O)[C@H](O)[C@@H](O)[C@H](O)[C@@H]1O. The van der Waals surface area contributed by atoms with E-state index in [4.69, 9.17) is 10.00 Å². The maximum Gasteiger partial charge on any atom is 0.115 e. The predicted molar refractivity (Wildman–Crippen MR) is 50.0 cm³/mol. The molecule has 0 aromatic rings. The fraction of sp³-hybridized carbons (Fsp3) is 0.889. The smallest absolute Gasteiger partial charge is 0.115 e. The number of ether oxygens (including phenoxy) is 1. The Hall–Kier alpha value is -0.750. The summed E-state index contributed by atoms with van der Waals surface area (Å²) in [7, 11) is 0. The summed E-state index contributed by atoms with van der Waals surface area (Å²) in [6.07, 6.45) is -8.98.